The highest BCUT2D eigenvalue weighted by Gasteiger charge is 2.16. The largest absolute Gasteiger partial charge is 0.444 e. The van der Waals surface area contributed by atoms with E-state index in [2.05, 4.69) is 21.2 Å². The van der Waals surface area contributed by atoms with Crippen LogP contribution in [0.15, 0.2) is 24.3 Å². The van der Waals surface area contributed by atoms with Gasteiger partial charge in [0.15, 0.2) is 0 Å². The summed E-state index contributed by atoms with van der Waals surface area (Å²) in [6, 6.07) is 6.83. The van der Waals surface area contributed by atoms with Crippen molar-refractivity contribution in [2.75, 3.05) is 6.54 Å². The number of ether oxygens (including phenoxy) is 1. The van der Waals surface area contributed by atoms with Gasteiger partial charge in [0.1, 0.15) is 11.3 Å². The predicted molar refractivity (Wildman–Crippen MR) is 97.8 cm³/mol. The number of benzene rings is 1. The van der Waals surface area contributed by atoms with Crippen LogP contribution in [0.3, 0.4) is 0 Å². The zero-order chi connectivity index (χ0) is 19.3. The molecule has 0 saturated heterocycles. The van der Waals surface area contributed by atoms with Crippen LogP contribution < -0.4 is 16.2 Å². The molecular weight excluding hydrogens is 360 g/mol. The van der Waals surface area contributed by atoms with Crippen molar-refractivity contribution in [3.05, 3.63) is 35.0 Å². The van der Waals surface area contributed by atoms with Gasteiger partial charge in [-0.2, -0.15) is 0 Å². The maximum absolute atomic E-state index is 12.1. The highest BCUT2D eigenvalue weighted by Crippen LogP contribution is 2.19. The van der Waals surface area contributed by atoms with Gasteiger partial charge in [0, 0.05) is 28.9 Å². The molecule has 26 heavy (non-hydrogen) atoms. The van der Waals surface area contributed by atoms with Gasteiger partial charge in [0.25, 0.3) is 5.91 Å². The third kappa shape index (κ3) is 5.96. The summed E-state index contributed by atoms with van der Waals surface area (Å²) in [7, 11) is 0. The van der Waals surface area contributed by atoms with Crippen LogP contribution in [0.2, 0.25) is 5.02 Å². The Morgan fingerprint density at radius 1 is 1.15 bits per heavy atom. The van der Waals surface area contributed by atoms with Gasteiger partial charge < -0.3 is 15.0 Å². The van der Waals surface area contributed by atoms with Crippen LogP contribution in [0.5, 0.6) is 0 Å². The van der Waals surface area contributed by atoms with E-state index in [-0.39, 0.29) is 18.7 Å². The molecule has 0 aliphatic carbocycles. The van der Waals surface area contributed by atoms with Gasteiger partial charge in [-0.25, -0.2) is 4.79 Å². The number of alkyl carbamates (subject to hydrolysis) is 1. The number of carbonyl (C=O) groups is 3. The summed E-state index contributed by atoms with van der Waals surface area (Å²) >= 11 is 5.91. The lowest BCUT2D eigenvalue weighted by Crippen LogP contribution is -2.43. The lowest BCUT2D eigenvalue weighted by atomic mass is 10.2. The molecule has 1 aromatic carbocycles. The van der Waals surface area contributed by atoms with Gasteiger partial charge >= 0.3 is 6.09 Å². The average molecular weight is 381 g/mol. The molecule has 2 aromatic rings. The van der Waals surface area contributed by atoms with Crippen molar-refractivity contribution in [3.63, 3.8) is 0 Å². The van der Waals surface area contributed by atoms with Crippen LogP contribution in [-0.4, -0.2) is 35.0 Å². The molecular formula is C17H21ClN4O4. The standard InChI is InChI=1S/C17H21ClN4O4/c1-17(2,3)26-16(25)19-7-6-14(23)21-22-15(24)13-9-10-8-11(18)4-5-12(10)20-13/h4-5,8-9,20H,6-7H2,1-3H3,(H,19,25)(H,21,23)(H,22,24). The fourth-order valence-corrected chi connectivity index (χ4v) is 2.25. The normalized spacial score (nSPS) is 11.1. The van der Waals surface area contributed by atoms with Crippen LogP contribution in [-0.2, 0) is 9.53 Å². The number of aromatic nitrogens is 1. The molecule has 0 saturated carbocycles. The third-order valence-corrected chi connectivity index (χ3v) is 3.40. The Hall–Kier alpha value is -2.74. The number of halogens is 1. The first-order valence-corrected chi connectivity index (χ1v) is 8.36. The van der Waals surface area contributed by atoms with Gasteiger partial charge in [-0.3, -0.25) is 20.4 Å². The summed E-state index contributed by atoms with van der Waals surface area (Å²) in [5.41, 5.74) is 5.02. The molecule has 0 fully saturated rings. The van der Waals surface area contributed by atoms with Gasteiger partial charge in [-0.15, -0.1) is 0 Å². The molecule has 0 aliphatic rings. The maximum Gasteiger partial charge on any atom is 0.407 e. The van der Waals surface area contributed by atoms with Gasteiger partial charge in [-0.05, 0) is 45.0 Å². The molecule has 0 bridgehead atoms. The van der Waals surface area contributed by atoms with Crippen molar-refractivity contribution in [2.24, 2.45) is 0 Å². The number of rotatable bonds is 4. The predicted octanol–water partition coefficient (Wildman–Crippen LogP) is 2.50. The summed E-state index contributed by atoms with van der Waals surface area (Å²) < 4.78 is 5.05. The van der Waals surface area contributed by atoms with Crippen molar-refractivity contribution < 1.29 is 19.1 Å². The van der Waals surface area contributed by atoms with Gasteiger partial charge in [-0.1, -0.05) is 11.6 Å². The molecule has 0 unspecified atom stereocenters. The topological polar surface area (TPSA) is 112 Å². The van der Waals surface area contributed by atoms with E-state index >= 15 is 0 Å². The van der Waals surface area contributed by atoms with Gasteiger partial charge in [0.05, 0.1) is 0 Å². The minimum atomic E-state index is -0.607. The number of hydrazine groups is 1. The van der Waals surface area contributed by atoms with Crippen molar-refractivity contribution in [1.82, 2.24) is 21.2 Å². The molecule has 140 valence electrons. The molecule has 1 heterocycles. The molecule has 4 N–H and O–H groups in total. The first-order valence-electron chi connectivity index (χ1n) is 7.98. The molecule has 1 aromatic heterocycles. The quantitative estimate of drug-likeness (QED) is 0.610. The van der Waals surface area contributed by atoms with Crippen molar-refractivity contribution in [2.45, 2.75) is 32.8 Å². The second-order valence-electron chi connectivity index (χ2n) is 6.60. The van der Waals surface area contributed by atoms with E-state index in [4.69, 9.17) is 16.3 Å². The number of fused-ring (bicyclic) bond motifs is 1. The Balaban J connectivity index is 1.76. The van der Waals surface area contributed by atoms with Crippen LogP contribution in [0.4, 0.5) is 4.79 Å². The number of hydrogen-bond donors (Lipinski definition) is 4. The minimum Gasteiger partial charge on any atom is -0.444 e. The molecule has 3 amide bonds. The fraction of sp³-hybridized carbons (Fsp3) is 0.353. The number of amides is 3. The average Bonchev–Trinajstić information content (AvgIpc) is 2.94. The van der Waals surface area contributed by atoms with E-state index in [1.165, 1.54) is 0 Å². The summed E-state index contributed by atoms with van der Waals surface area (Å²) in [6.45, 7) is 5.31. The number of aromatic amines is 1. The lowest BCUT2D eigenvalue weighted by molar-refractivity contribution is -0.121. The van der Waals surface area contributed by atoms with Crippen molar-refractivity contribution in [3.8, 4) is 0 Å². The second-order valence-corrected chi connectivity index (χ2v) is 7.03. The number of H-pyrrole nitrogens is 1. The lowest BCUT2D eigenvalue weighted by Gasteiger charge is -2.19. The van der Waals surface area contributed by atoms with Crippen LogP contribution >= 0.6 is 11.6 Å². The maximum atomic E-state index is 12.1. The first-order chi connectivity index (χ1) is 12.1. The molecule has 8 nitrogen and oxygen atoms in total. The number of hydrogen-bond acceptors (Lipinski definition) is 4. The smallest absolute Gasteiger partial charge is 0.407 e. The van der Waals surface area contributed by atoms with Crippen molar-refractivity contribution >= 4 is 40.4 Å². The Bertz CT molecular complexity index is 826. The zero-order valence-corrected chi connectivity index (χ0v) is 15.5. The summed E-state index contributed by atoms with van der Waals surface area (Å²) in [4.78, 5) is 38.2. The summed E-state index contributed by atoms with van der Waals surface area (Å²) in [5, 5.41) is 3.81. The Labute approximate surface area is 155 Å². The summed E-state index contributed by atoms with van der Waals surface area (Å²) in [5.74, 6) is -0.945. The Morgan fingerprint density at radius 3 is 2.58 bits per heavy atom. The molecule has 0 radical (unpaired) electrons. The van der Waals surface area contributed by atoms with E-state index in [0.717, 1.165) is 10.9 Å². The zero-order valence-electron chi connectivity index (χ0n) is 14.7. The van der Waals surface area contributed by atoms with Crippen LogP contribution in [0.25, 0.3) is 10.9 Å². The van der Waals surface area contributed by atoms with Crippen molar-refractivity contribution in [1.29, 1.82) is 0 Å². The number of nitrogens with one attached hydrogen (secondary N) is 4. The molecule has 2 rings (SSSR count). The van der Waals surface area contributed by atoms with Crippen LogP contribution in [0, 0.1) is 0 Å². The Kier molecular flexibility index (Phi) is 6.10. The highest BCUT2D eigenvalue weighted by atomic mass is 35.5. The summed E-state index contributed by atoms with van der Waals surface area (Å²) in [6.07, 6.45) is -0.618. The molecule has 0 aliphatic heterocycles. The first kappa shape index (κ1) is 19.6. The molecule has 0 spiro atoms. The molecule has 0 atom stereocenters. The van der Waals surface area contributed by atoms with E-state index < -0.39 is 23.5 Å². The van der Waals surface area contributed by atoms with E-state index in [9.17, 15) is 14.4 Å². The van der Waals surface area contributed by atoms with E-state index in [0.29, 0.717) is 5.02 Å². The monoisotopic (exact) mass is 380 g/mol. The second kappa shape index (κ2) is 8.09. The fourth-order valence-electron chi connectivity index (χ4n) is 2.07. The Morgan fingerprint density at radius 2 is 1.88 bits per heavy atom. The van der Waals surface area contributed by atoms with Gasteiger partial charge in [0.2, 0.25) is 5.91 Å². The van der Waals surface area contributed by atoms with Crippen LogP contribution in [0.1, 0.15) is 37.7 Å². The minimum absolute atomic E-state index is 0.0121. The third-order valence-electron chi connectivity index (χ3n) is 3.16. The molecule has 9 heteroatoms. The SMILES string of the molecule is CC(C)(C)OC(=O)NCCC(=O)NNC(=O)c1cc2cc(Cl)ccc2[nH]1. The highest BCUT2D eigenvalue weighted by molar-refractivity contribution is 6.31. The van der Waals surface area contributed by atoms with E-state index in [1.807, 2.05) is 0 Å². The number of carbonyl (C=O) groups excluding carboxylic acids is 3. The van der Waals surface area contributed by atoms with E-state index in [1.54, 1.807) is 45.0 Å².